The number of phenolic OH excluding ortho intramolecular Hbond substituents is 1. The number of ether oxygens (including phenoxy) is 2. The maximum Gasteiger partial charge on any atom is 0.122 e. The largest absolute Gasteiger partial charge is 0.507 e. The first-order valence-electron chi connectivity index (χ1n) is 10.2. The monoisotopic (exact) mass is 386 g/mol. The third-order valence-corrected chi connectivity index (χ3v) is 4.04. The predicted octanol–water partition coefficient (Wildman–Crippen LogP) is 6.75. The second-order valence-electron chi connectivity index (χ2n) is 9.10. The third kappa shape index (κ3) is 8.69. The molecule has 0 unspecified atom stereocenters. The highest BCUT2D eigenvalue weighted by Crippen LogP contribution is 2.32. The highest BCUT2D eigenvalue weighted by molar-refractivity contribution is 5.43. The lowest BCUT2D eigenvalue weighted by Crippen LogP contribution is -2.11. The Labute approximate surface area is 171 Å². The topological polar surface area (TPSA) is 38.7 Å². The van der Waals surface area contributed by atoms with Crippen molar-refractivity contribution in [3.63, 3.8) is 0 Å². The molecule has 1 N–H and O–H groups in total. The summed E-state index contributed by atoms with van der Waals surface area (Å²) in [7, 11) is 0. The summed E-state index contributed by atoms with van der Waals surface area (Å²) in [6, 6.07) is 13.7. The van der Waals surface area contributed by atoms with E-state index in [-0.39, 0.29) is 5.41 Å². The highest BCUT2D eigenvalue weighted by atomic mass is 16.5. The van der Waals surface area contributed by atoms with E-state index in [0.29, 0.717) is 17.6 Å². The molecule has 0 amide bonds. The van der Waals surface area contributed by atoms with Gasteiger partial charge in [0.05, 0.1) is 13.2 Å². The summed E-state index contributed by atoms with van der Waals surface area (Å²) in [6.07, 6.45) is 0. The van der Waals surface area contributed by atoms with Gasteiger partial charge in [-0.3, -0.25) is 0 Å². The molecule has 0 aliphatic rings. The number of aromatic hydroxyl groups is 1. The predicted molar refractivity (Wildman–Crippen MR) is 119 cm³/mol. The number of hydrogen-bond acceptors (Lipinski definition) is 3. The number of benzene rings is 2. The quantitative estimate of drug-likeness (QED) is 0.596. The van der Waals surface area contributed by atoms with Crippen molar-refractivity contribution in [3.8, 4) is 17.2 Å². The summed E-state index contributed by atoms with van der Waals surface area (Å²) in [6.45, 7) is 18.3. The van der Waals surface area contributed by atoms with Crippen molar-refractivity contribution in [2.75, 3.05) is 13.2 Å². The lowest BCUT2D eigenvalue weighted by atomic mass is 9.85. The molecule has 3 nitrogen and oxygen atoms in total. The molecule has 0 radical (unpaired) electrons. The van der Waals surface area contributed by atoms with Gasteiger partial charge in [-0.05, 0) is 59.6 Å². The molecule has 0 heterocycles. The normalized spacial score (nSPS) is 11.2. The van der Waals surface area contributed by atoms with Crippen LogP contribution < -0.4 is 9.47 Å². The fraction of sp³-hybridized carbons (Fsp3) is 0.520. The smallest absolute Gasteiger partial charge is 0.122 e. The molecule has 0 saturated heterocycles. The van der Waals surface area contributed by atoms with E-state index in [0.717, 1.165) is 35.8 Å². The zero-order valence-corrected chi connectivity index (χ0v) is 18.9. The summed E-state index contributed by atoms with van der Waals surface area (Å²) < 4.78 is 11.2. The first kappa shape index (κ1) is 23.9. The molecule has 3 heteroatoms. The third-order valence-electron chi connectivity index (χ3n) is 4.04. The molecule has 28 heavy (non-hydrogen) atoms. The van der Waals surface area contributed by atoms with E-state index >= 15 is 0 Å². The summed E-state index contributed by atoms with van der Waals surface area (Å²) in [5.41, 5.74) is 1.99. The summed E-state index contributed by atoms with van der Waals surface area (Å²) >= 11 is 0. The Morgan fingerprint density at radius 1 is 0.786 bits per heavy atom. The molecule has 2 aromatic carbocycles. The van der Waals surface area contributed by atoms with E-state index in [1.54, 1.807) is 0 Å². The Bertz CT molecular complexity index is 664. The highest BCUT2D eigenvalue weighted by Gasteiger charge is 2.18. The molecule has 0 aliphatic carbocycles. The van der Waals surface area contributed by atoms with Gasteiger partial charge in [-0.15, -0.1) is 0 Å². The number of phenols is 1. The lowest BCUT2D eigenvalue weighted by molar-refractivity contribution is 0.264. The SMILES string of the molecule is CC(C)COc1ccc(OCC(C)C)cc1.Cc1cccc(C(C)(C)C)c1O. The van der Waals surface area contributed by atoms with Gasteiger partial charge in [-0.2, -0.15) is 0 Å². The average Bonchev–Trinajstić information content (AvgIpc) is 2.61. The summed E-state index contributed by atoms with van der Waals surface area (Å²) in [5, 5.41) is 9.73. The van der Waals surface area contributed by atoms with Gasteiger partial charge in [-0.1, -0.05) is 66.7 Å². The zero-order valence-electron chi connectivity index (χ0n) is 18.9. The lowest BCUT2D eigenvalue weighted by Gasteiger charge is -2.20. The van der Waals surface area contributed by atoms with Crippen LogP contribution in [0, 0.1) is 18.8 Å². The Hall–Kier alpha value is -2.16. The van der Waals surface area contributed by atoms with Crippen molar-refractivity contribution in [1.29, 1.82) is 0 Å². The molecule has 0 fully saturated rings. The first-order valence-corrected chi connectivity index (χ1v) is 10.2. The van der Waals surface area contributed by atoms with Crippen LogP contribution in [0.25, 0.3) is 0 Å². The van der Waals surface area contributed by atoms with Gasteiger partial charge in [-0.25, -0.2) is 0 Å². The Kier molecular flexibility index (Phi) is 9.37. The second kappa shape index (κ2) is 11.0. The minimum atomic E-state index is 0.0239. The first-order chi connectivity index (χ1) is 13.0. The van der Waals surface area contributed by atoms with E-state index in [1.165, 1.54) is 0 Å². The van der Waals surface area contributed by atoms with Crippen molar-refractivity contribution in [1.82, 2.24) is 0 Å². The van der Waals surface area contributed by atoms with Crippen LogP contribution in [0.5, 0.6) is 17.2 Å². The van der Waals surface area contributed by atoms with Crippen molar-refractivity contribution in [2.24, 2.45) is 11.8 Å². The van der Waals surface area contributed by atoms with Crippen LogP contribution in [0.3, 0.4) is 0 Å². The van der Waals surface area contributed by atoms with Gasteiger partial charge < -0.3 is 14.6 Å². The van der Waals surface area contributed by atoms with Crippen LogP contribution in [0.1, 0.15) is 59.6 Å². The number of rotatable bonds is 6. The van der Waals surface area contributed by atoms with E-state index in [1.807, 2.05) is 49.4 Å². The molecule has 0 spiro atoms. The zero-order chi connectivity index (χ0) is 21.3. The molecule has 0 bridgehead atoms. The average molecular weight is 387 g/mol. The Morgan fingerprint density at radius 3 is 1.54 bits per heavy atom. The number of para-hydroxylation sites is 1. The minimum absolute atomic E-state index is 0.0239. The standard InChI is InChI=1S/C14H22O2.C11H16O/c1-11(2)9-15-13-5-7-14(8-6-13)16-10-12(3)4;1-8-6-5-7-9(10(8)12)11(2,3)4/h5-8,11-12H,9-10H2,1-4H3;5-7,12H,1-4H3. The van der Waals surface area contributed by atoms with Crippen molar-refractivity contribution < 1.29 is 14.6 Å². The van der Waals surface area contributed by atoms with E-state index in [2.05, 4.69) is 48.5 Å². The molecule has 156 valence electrons. The Morgan fingerprint density at radius 2 is 1.21 bits per heavy atom. The van der Waals surface area contributed by atoms with Gasteiger partial charge in [0.1, 0.15) is 17.2 Å². The van der Waals surface area contributed by atoms with Crippen molar-refractivity contribution >= 4 is 0 Å². The molecule has 0 atom stereocenters. The van der Waals surface area contributed by atoms with E-state index in [4.69, 9.17) is 9.47 Å². The molecular weight excluding hydrogens is 348 g/mol. The molecule has 0 saturated carbocycles. The van der Waals surface area contributed by atoms with Crippen LogP contribution in [0.15, 0.2) is 42.5 Å². The van der Waals surface area contributed by atoms with Crippen molar-refractivity contribution in [2.45, 2.75) is 60.8 Å². The molecule has 2 rings (SSSR count). The van der Waals surface area contributed by atoms with Crippen molar-refractivity contribution in [3.05, 3.63) is 53.6 Å². The van der Waals surface area contributed by atoms with Crippen LogP contribution in [0.2, 0.25) is 0 Å². The number of hydrogen-bond donors (Lipinski definition) is 1. The number of aryl methyl sites for hydroxylation is 1. The molecule has 0 aliphatic heterocycles. The maximum absolute atomic E-state index is 9.73. The molecule has 0 aromatic heterocycles. The van der Waals surface area contributed by atoms with Gasteiger partial charge in [0.2, 0.25) is 0 Å². The molecule has 2 aromatic rings. The van der Waals surface area contributed by atoms with Gasteiger partial charge >= 0.3 is 0 Å². The fourth-order valence-electron chi connectivity index (χ4n) is 2.42. The fourth-order valence-corrected chi connectivity index (χ4v) is 2.42. The van der Waals surface area contributed by atoms with Gasteiger partial charge in [0.25, 0.3) is 0 Å². The summed E-state index contributed by atoms with van der Waals surface area (Å²) in [5.74, 6) is 3.36. The summed E-state index contributed by atoms with van der Waals surface area (Å²) in [4.78, 5) is 0. The van der Waals surface area contributed by atoms with Crippen LogP contribution >= 0.6 is 0 Å². The Balaban J connectivity index is 0.000000292. The van der Waals surface area contributed by atoms with E-state index in [9.17, 15) is 5.11 Å². The minimum Gasteiger partial charge on any atom is -0.507 e. The van der Waals surface area contributed by atoms with Crippen LogP contribution in [-0.2, 0) is 5.41 Å². The van der Waals surface area contributed by atoms with E-state index < -0.39 is 0 Å². The van der Waals surface area contributed by atoms with Crippen LogP contribution in [-0.4, -0.2) is 18.3 Å². The second-order valence-corrected chi connectivity index (χ2v) is 9.10. The molecular formula is C25H38O3. The van der Waals surface area contributed by atoms with Gasteiger partial charge in [0, 0.05) is 0 Å². The van der Waals surface area contributed by atoms with Gasteiger partial charge in [0.15, 0.2) is 0 Å². The maximum atomic E-state index is 9.73. The van der Waals surface area contributed by atoms with Crippen LogP contribution in [0.4, 0.5) is 0 Å².